The lowest BCUT2D eigenvalue weighted by Crippen LogP contribution is -2.26. The molecule has 1 aromatic rings. The summed E-state index contributed by atoms with van der Waals surface area (Å²) in [6.45, 7) is 7.03. The van der Waals surface area contributed by atoms with Gasteiger partial charge < -0.3 is 14.6 Å². The number of ether oxygens (including phenoxy) is 1. The molecule has 1 atom stereocenters. The number of fused-ring (bicyclic) bond motifs is 1. The Morgan fingerprint density at radius 1 is 1.60 bits per heavy atom. The van der Waals surface area contributed by atoms with Crippen molar-refractivity contribution in [1.82, 2.24) is 14.9 Å². The summed E-state index contributed by atoms with van der Waals surface area (Å²) >= 11 is 0. The van der Waals surface area contributed by atoms with Gasteiger partial charge in [-0.25, -0.2) is 4.98 Å². The number of nitrogens with one attached hydrogen (secondary N) is 1. The first-order valence-corrected chi connectivity index (χ1v) is 5.50. The minimum Gasteiger partial charge on any atom is -0.380 e. The van der Waals surface area contributed by atoms with Gasteiger partial charge >= 0.3 is 0 Å². The van der Waals surface area contributed by atoms with Crippen molar-refractivity contribution in [3.05, 3.63) is 17.2 Å². The molecular weight excluding hydrogens is 190 g/mol. The van der Waals surface area contributed by atoms with Crippen molar-refractivity contribution >= 4 is 0 Å². The normalized spacial score (nSPS) is 17.5. The molecule has 15 heavy (non-hydrogen) atoms. The van der Waals surface area contributed by atoms with Gasteiger partial charge in [0, 0.05) is 38.9 Å². The molecule has 1 unspecified atom stereocenters. The summed E-state index contributed by atoms with van der Waals surface area (Å²) in [6, 6.07) is 0. The molecule has 0 aliphatic carbocycles. The Hall–Kier alpha value is -0.870. The molecule has 4 heteroatoms. The van der Waals surface area contributed by atoms with Gasteiger partial charge in [0.15, 0.2) is 0 Å². The maximum atomic E-state index is 5.31. The van der Waals surface area contributed by atoms with Crippen molar-refractivity contribution in [2.45, 2.75) is 39.5 Å². The monoisotopic (exact) mass is 209 g/mol. The summed E-state index contributed by atoms with van der Waals surface area (Å²) in [7, 11) is 1.75. The van der Waals surface area contributed by atoms with E-state index in [0.29, 0.717) is 0 Å². The summed E-state index contributed by atoms with van der Waals surface area (Å²) < 4.78 is 7.60. The van der Waals surface area contributed by atoms with Gasteiger partial charge in [0.25, 0.3) is 0 Å². The second-order valence-corrected chi connectivity index (χ2v) is 4.14. The molecule has 1 aliphatic heterocycles. The number of rotatable bonds is 3. The van der Waals surface area contributed by atoms with Crippen LogP contribution in [0.3, 0.4) is 0 Å². The first-order valence-electron chi connectivity index (χ1n) is 5.50. The van der Waals surface area contributed by atoms with Crippen LogP contribution in [0, 0.1) is 6.92 Å². The highest BCUT2D eigenvalue weighted by Crippen LogP contribution is 2.16. The third-order valence-corrected chi connectivity index (χ3v) is 3.02. The summed E-state index contributed by atoms with van der Waals surface area (Å²) in [4.78, 5) is 4.58. The highest BCUT2D eigenvalue weighted by atomic mass is 16.5. The smallest absolute Gasteiger partial charge is 0.106 e. The van der Waals surface area contributed by atoms with E-state index in [9.17, 15) is 0 Å². The topological polar surface area (TPSA) is 39.1 Å². The average molecular weight is 209 g/mol. The largest absolute Gasteiger partial charge is 0.380 e. The first-order chi connectivity index (χ1) is 7.22. The molecule has 1 aromatic heterocycles. The van der Waals surface area contributed by atoms with E-state index < -0.39 is 0 Å². The third-order valence-electron chi connectivity index (χ3n) is 3.02. The summed E-state index contributed by atoms with van der Waals surface area (Å²) in [5.41, 5.74) is 2.59. The Morgan fingerprint density at radius 3 is 3.13 bits per heavy atom. The number of methoxy groups -OCH3 is 1. The first kappa shape index (κ1) is 10.6. The molecule has 1 N–H and O–H groups in total. The van der Waals surface area contributed by atoms with Crippen LogP contribution < -0.4 is 5.32 Å². The van der Waals surface area contributed by atoms with Gasteiger partial charge in [0.1, 0.15) is 5.82 Å². The van der Waals surface area contributed by atoms with Gasteiger partial charge in [-0.1, -0.05) is 0 Å². The van der Waals surface area contributed by atoms with E-state index in [1.807, 2.05) is 0 Å². The molecule has 0 fully saturated rings. The lowest BCUT2D eigenvalue weighted by atomic mass is 10.2. The number of nitrogens with zero attached hydrogens (tertiary/aromatic N) is 2. The van der Waals surface area contributed by atoms with E-state index in [1.54, 1.807) is 7.11 Å². The number of aryl methyl sites for hydroxylation is 1. The highest BCUT2D eigenvalue weighted by molar-refractivity contribution is 5.19. The molecule has 2 rings (SSSR count). The van der Waals surface area contributed by atoms with E-state index in [1.165, 1.54) is 11.4 Å². The molecule has 2 heterocycles. The van der Waals surface area contributed by atoms with Crippen molar-refractivity contribution in [2.24, 2.45) is 0 Å². The fourth-order valence-electron chi connectivity index (χ4n) is 2.08. The molecule has 0 spiro atoms. The number of aromatic nitrogens is 2. The number of imidazole rings is 1. The molecule has 1 aliphatic rings. The predicted octanol–water partition coefficient (Wildman–Crippen LogP) is 0.872. The van der Waals surface area contributed by atoms with Gasteiger partial charge in [-0.3, -0.25) is 0 Å². The van der Waals surface area contributed by atoms with E-state index in [2.05, 4.69) is 28.7 Å². The fourth-order valence-corrected chi connectivity index (χ4v) is 2.08. The number of hydrogen-bond acceptors (Lipinski definition) is 3. The van der Waals surface area contributed by atoms with Crippen molar-refractivity contribution in [2.75, 3.05) is 13.7 Å². The van der Waals surface area contributed by atoms with E-state index in [-0.39, 0.29) is 6.10 Å². The Labute approximate surface area is 90.6 Å². The van der Waals surface area contributed by atoms with Crippen LogP contribution >= 0.6 is 0 Å². The zero-order chi connectivity index (χ0) is 10.8. The van der Waals surface area contributed by atoms with Crippen LogP contribution in [0.5, 0.6) is 0 Å². The standard InChI is InChI=1S/C11H19N3O/c1-8(15-3)7-14-9(2)13-10-6-12-5-4-11(10)14/h8,12H,4-7H2,1-3H3. The molecule has 84 valence electrons. The SMILES string of the molecule is COC(C)Cn1c(C)nc2c1CCNC2. The van der Waals surface area contributed by atoms with Crippen molar-refractivity contribution < 1.29 is 4.74 Å². The quantitative estimate of drug-likeness (QED) is 0.803. The average Bonchev–Trinajstić information content (AvgIpc) is 2.55. The molecule has 0 radical (unpaired) electrons. The number of hydrogen-bond donors (Lipinski definition) is 1. The van der Waals surface area contributed by atoms with Gasteiger partial charge in [-0.15, -0.1) is 0 Å². The lowest BCUT2D eigenvalue weighted by Gasteiger charge is -2.18. The Kier molecular flexibility index (Phi) is 3.07. The van der Waals surface area contributed by atoms with Crippen LogP contribution in [-0.2, 0) is 24.2 Å². The maximum Gasteiger partial charge on any atom is 0.106 e. The zero-order valence-corrected chi connectivity index (χ0v) is 9.71. The van der Waals surface area contributed by atoms with Crippen molar-refractivity contribution in [1.29, 1.82) is 0 Å². The van der Waals surface area contributed by atoms with Crippen LogP contribution in [0.15, 0.2) is 0 Å². The van der Waals surface area contributed by atoms with E-state index in [4.69, 9.17) is 4.74 Å². The molecule has 0 saturated carbocycles. The van der Waals surface area contributed by atoms with E-state index in [0.717, 1.165) is 31.9 Å². The summed E-state index contributed by atoms with van der Waals surface area (Å²) in [5.74, 6) is 1.10. The molecule has 0 aromatic carbocycles. The zero-order valence-electron chi connectivity index (χ0n) is 9.71. The molecule has 0 amide bonds. The van der Waals surface area contributed by atoms with Gasteiger partial charge in [-0.2, -0.15) is 0 Å². The Bertz CT molecular complexity index is 346. The summed E-state index contributed by atoms with van der Waals surface area (Å²) in [6.07, 6.45) is 1.32. The van der Waals surface area contributed by atoms with Gasteiger partial charge in [-0.05, 0) is 13.8 Å². The highest BCUT2D eigenvalue weighted by Gasteiger charge is 2.18. The Morgan fingerprint density at radius 2 is 2.40 bits per heavy atom. The molecule has 4 nitrogen and oxygen atoms in total. The second-order valence-electron chi connectivity index (χ2n) is 4.14. The maximum absolute atomic E-state index is 5.31. The van der Waals surface area contributed by atoms with Crippen LogP contribution in [0.4, 0.5) is 0 Å². The van der Waals surface area contributed by atoms with Gasteiger partial charge in [0.05, 0.1) is 11.8 Å². The van der Waals surface area contributed by atoms with E-state index >= 15 is 0 Å². The van der Waals surface area contributed by atoms with Crippen LogP contribution in [0.25, 0.3) is 0 Å². The summed E-state index contributed by atoms with van der Waals surface area (Å²) in [5, 5.41) is 3.34. The van der Waals surface area contributed by atoms with Crippen molar-refractivity contribution in [3.63, 3.8) is 0 Å². The molecular formula is C11H19N3O. The Balaban J connectivity index is 2.25. The lowest BCUT2D eigenvalue weighted by molar-refractivity contribution is 0.102. The van der Waals surface area contributed by atoms with Crippen LogP contribution in [0.2, 0.25) is 0 Å². The third kappa shape index (κ3) is 2.06. The minimum absolute atomic E-state index is 0.247. The molecule has 0 bridgehead atoms. The fraction of sp³-hybridized carbons (Fsp3) is 0.727. The molecule has 0 saturated heterocycles. The predicted molar refractivity (Wildman–Crippen MR) is 58.8 cm³/mol. The van der Waals surface area contributed by atoms with Gasteiger partial charge in [0.2, 0.25) is 0 Å². The minimum atomic E-state index is 0.247. The van der Waals surface area contributed by atoms with Crippen LogP contribution in [-0.4, -0.2) is 29.3 Å². The van der Waals surface area contributed by atoms with Crippen molar-refractivity contribution in [3.8, 4) is 0 Å². The second kappa shape index (κ2) is 4.33. The van der Waals surface area contributed by atoms with Crippen LogP contribution in [0.1, 0.15) is 24.1 Å².